The van der Waals surface area contributed by atoms with Crippen LogP contribution in [0.2, 0.25) is 0 Å². The molecule has 0 aliphatic heterocycles. The fourth-order valence-electron chi connectivity index (χ4n) is 2.09. The molecule has 0 saturated heterocycles. The van der Waals surface area contributed by atoms with Gasteiger partial charge in [-0.05, 0) is 48.0 Å². The van der Waals surface area contributed by atoms with Crippen molar-refractivity contribution in [2.45, 2.75) is 0 Å². The molecule has 0 fully saturated rings. The molecule has 1 heterocycles. The van der Waals surface area contributed by atoms with Crippen molar-refractivity contribution >= 4 is 17.7 Å². The van der Waals surface area contributed by atoms with Crippen molar-refractivity contribution in [2.75, 3.05) is 5.32 Å². The fourth-order valence-corrected chi connectivity index (χ4v) is 2.09. The number of carbonyl (C=O) groups excluding carboxylic acids is 1. The van der Waals surface area contributed by atoms with E-state index in [1.807, 2.05) is 30.3 Å². The van der Waals surface area contributed by atoms with E-state index in [0.29, 0.717) is 11.4 Å². The minimum absolute atomic E-state index is 0.232. The van der Waals surface area contributed by atoms with Crippen LogP contribution in [0, 0.1) is 5.82 Å². The fraction of sp³-hybridized carbons (Fsp3) is 0. The van der Waals surface area contributed by atoms with E-state index in [4.69, 9.17) is 4.74 Å². The maximum Gasteiger partial charge on any atom is 0.248 e. The van der Waals surface area contributed by atoms with Crippen molar-refractivity contribution in [2.24, 2.45) is 0 Å². The van der Waals surface area contributed by atoms with Gasteiger partial charge in [0, 0.05) is 12.3 Å². The van der Waals surface area contributed by atoms with E-state index in [2.05, 4.69) is 10.3 Å². The maximum atomic E-state index is 13.0. The average molecular weight is 334 g/mol. The van der Waals surface area contributed by atoms with Crippen molar-refractivity contribution in [3.63, 3.8) is 0 Å². The number of halogens is 1. The largest absolute Gasteiger partial charge is 0.437 e. The van der Waals surface area contributed by atoms with Gasteiger partial charge in [-0.1, -0.05) is 30.3 Å². The molecule has 0 radical (unpaired) electrons. The third-order valence-corrected chi connectivity index (χ3v) is 3.28. The molecule has 0 aliphatic rings. The number of hydrogen-bond donors (Lipinski definition) is 1. The van der Waals surface area contributed by atoms with E-state index in [-0.39, 0.29) is 17.6 Å². The Hall–Kier alpha value is -3.47. The SMILES string of the molecule is O=C(/C=C\c1ccccc1)Nc1cccnc1Oc1ccc(F)cc1. The number of pyridine rings is 1. The Bertz CT molecular complexity index is 878. The molecule has 1 N–H and O–H groups in total. The van der Waals surface area contributed by atoms with Crippen LogP contribution in [0.5, 0.6) is 11.6 Å². The summed E-state index contributed by atoms with van der Waals surface area (Å²) in [5.41, 5.74) is 1.35. The van der Waals surface area contributed by atoms with Crippen LogP contribution in [0.3, 0.4) is 0 Å². The van der Waals surface area contributed by atoms with E-state index in [0.717, 1.165) is 5.56 Å². The second-order valence-corrected chi connectivity index (χ2v) is 5.15. The van der Waals surface area contributed by atoms with Crippen molar-refractivity contribution < 1.29 is 13.9 Å². The summed E-state index contributed by atoms with van der Waals surface area (Å²) >= 11 is 0. The molecular formula is C20H15FN2O2. The Kier molecular flexibility index (Phi) is 5.16. The highest BCUT2D eigenvalue weighted by atomic mass is 19.1. The number of benzene rings is 2. The summed E-state index contributed by atoms with van der Waals surface area (Å²) in [5, 5.41) is 2.73. The summed E-state index contributed by atoms with van der Waals surface area (Å²) in [6.45, 7) is 0. The summed E-state index contributed by atoms with van der Waals surface area (Å²) in [5.74, 6) is -0.000230. The number of aromatic nitrogens is 1. The van der Waals surface area contributed by atoms with Crippen LogP contribution in [-0.2, 0) is 4.79 Å². The molecular weight excluding hydrogens is 319 g/mol. The summed E-state index contributed by atoms with van der Waals surface area (Å²) < 4.78 is 18.6. The Morgan fingerprint density at radius 1 is 1.00 bits per heavy atom. The number of nitrogens with zero attached hydrogens (tertiary/aromatic N) is 1. The Morgan fingerprint density at radius 2 is 1.76 bits per heavy atom. The Morgan fingerprint density at radius 3 is 2.52 bits per heavy atom. The molecule has 2 aromatic carbocycles. The van der Waals surface area contributed by atoms with Gasteiger partial charge in [0.2, 0.25) is 11.8 Å². The maximum absolute atomic E-state index is 13.0. The van der Waals surface area contributed by atoms with Crippen LogP contribution < -0.4 is 10.1 Å². The van der Waals surface area contributed by atoms with E-state index >= 15 is 0 Å². The molecule has 0 spiro atoms. The monoisotopic (exact) mass is 334 g/mol. The van der Waals surface area contributed by atoms with Gasteiger partial charge in [-0.15, -0.1) is 0 Å². The smallest absolute Gasteiger partial charge is 0.248 e. The van der Waals surface area contributed by atoms with E-state index < -0.39 is 0 Å². The minimum atomic E-state index is -0.354. The summed E-state index contributed by atoms with van der Waals surface area (Å²) in [7, 11) is 0. The normalized spacial score (nSPS) is 10.6. The van der Waals surface area contributed by atoms with Crippen LogP contribution in [0.4, 0.5) is 10.1 Å². The lowest BCUT2D eigenvalue weighted by atomic mass is 10.2. The van der Waals surface area contributed by atoms with E-state index in [1.54, 1.807) is 24.4 Å². The zero-order valence-electron chi connectivity index (χ0n) is 13.2. The van der Waals surface area contributed by atoms with Crippen molar-refractivity contribution in [3.05, 3.63) is 90.4 Å². The molecule has 5 heteroatoms. The van der Waals surface area contributed by atoms with Gasteiger partial charge in [0.15, 0.2) is 0 Å². The lowest BCUT2D eigenvalue weighted by Crippen LogP contribution is -2.09. The van der Waals surface area contributed by atoms with Gasteiger partial charge in [0.1, 0.15) is 17.3 Å². The van der Waals surface area contributed by atoms with Crippen LogP contribution >= 0.6 is 0 Å². The number of anilines is 1. The van der Waals surface area contributed by atoms with Gasteiger partial charge >= 0.3 is 0 Å². The van der Waals surface area contributed by atoms with Gasteiger partial charge in [-0.25, -0.2) is 9.37 Å². The van der Waals surface area contributed by atoms with Crippen LogP contribution in [-0.4, -0.2) is 10.9 Å². The summed E-state index contributed by atoms with van der Waals surface area (Å²) in [4.78, 5) is 16.2. The first-order valence-electron chi connectivity index (χ1n) is 7.63. The first kappa shape index (κ1) is 16.4. The van der Waals surface area contributed by atoms with Gasteiger partial charge in [0.25, 0.3) is 0 Å². The molecule has 0 bridgehead atoms. The summed E-state index contributed by atoms with van der Waals surface area (Å²) in [6.07, 6.45) is 4.70. The highest BCUT2D eigenvalue weighted by molar-refractivity contribution is 6.02. The van der Waals surface area contributed by atoms with Gasteiger partial charge in [0.05, 0.1) is 0 Å². The highest BCUT2D eigenvalue weighted by Crippen LogP contribution is 2.26. The van der Waals surface area contributed by atoms with Gasteiger partial charge in [-0.2, -0.15) is 0 Å². The molecule has 0 aliphatic carbocycles. The number of amides is 1. The number of carbonyl (C=O) groups is 1. The van der Waals surface area contributed by atoms with Crippen molar-refractivity contribution in [3.8, 4) is 11.6 Å². The molecule has 0 atom stereocenters. The highest BCUT2D eigenvalue weighted by Gasteiger charge is 2.08. The second-order valence-electron chi connectivity index (χ2n) is 5.15. The molecule has 1 amide bonds. The number of nitrogens with one attached hydrogen (secondary N) is 1. The van der Waals surface area contributed by atoms with Crippen LogP contribution in [0.15, 0.2) is 79.0 Å². The molecule has 0 unspecified atom stereocenters. The van der Waals surface area contributed by atoms with Gasteiger partial charge in [-0.3, -0.25) is 4.79 Å². The summed E-state index contributed by atoms with van der Waals surface area (Å²) in [6, 6.07) is 18.4. The predicted molar refractivity (Wildman–Crippen MR) is 94.8 cm³/mol. The average Bonchev–Trinajstić information content (AvgIpc) is 2.64. The number of ether oxygens (including phenoxy) is 1. The first-order chi connectivity index (χ1) is 12.2. The first-order valence-corrected chi connectivity index (χ1v) is 7.63. The Labute approximate surface area is 144 Å². The van der Waals surface area contributed by atoms with Crippen LogP contribution in [0.25, 0.3) is 6.08 Å². The van der Waals surface area contributed by atoms with Crippen LogP contribution in [0.1, 0.15) is 5.56 Å². The minimum Gasteiger partial charge on any atom is -0.437 e. The molecule has 3 rings (SSSR count). The molecule has 0 saturated carbocycles. The second kappa shape index (κ2) is 7.88. The lowest BCUT2D eigenvalue weighted by Gasteiger charge is -2.10. The number of hydrogen-bond acceptors (Lipinski definition) is 3. The predicted octanol–water partition coefficient (Wildman–Crippen LogP) is 4.66. The van der Waals surface area contributed by atoms with E-state index in [1.165, 1.54) is 30.3 Å². The standard InChI is InChI=1S/C20H15FN2O2/c21-16-9-11-17(12-10-16)25-20-18(7-4-14-22-20)23-19(24)13-8-15-5-2-1-3-6-15/h1-14H,(H,23,24)/b13-8-. The third kappa shape index (κ3) is 4.75. The quantitative estimate of drug-likeness (QED) is 0.690. The van der Waals surface area contributed by atoms with Crippen molar-refractivity contribution in [1.82, 2.24) is 4.98 Å². The zero-order chi connectivity index (χ0) is 17.5. The van der Waals surface area contributed by atoms with Crippen molar-refractivity contribution in [1.29, 1.82) is 0 Å². The molecule has 124 valence electrons. The zero-order valence-corrected chi connectivity index (χ0v) is 13.2. The molecule has 1 aromatic heterocycles. The topological polar surface area (TPSA) is 51.2 Å². The molecule has 4 nitrogen and oxygen atoms in total. The van der Waals surface area contributed by atoms with Gasteiger partial charge < -0.3 is 10.1 Å². The third-order valence-electron chi connectivity index (χ3n) is 3.28. The lowest BCUT2D eigenvalue weighted by molar-refractivity contribution is -0.111. The Balaban J connectivity index is 1.71. The molecule has 25 heavy (non-hydrogen) atoms. The number of rotatable bonds is 5. The van der Waals surface area contributed by atoms with E-state index in [9.17, 15) is 9.18 Å². The molecule has 3 aromatic rings.